The molecule has 0 aliphatic rings. The lowest BCUT2D eigenvalue weighted by molar-refractivity contribution is 0.101. The lowest BCUT2D eigenvalue weighted by Crippen LogP contribution is -2.18. The third kappa shape index (κ3) is 2.52. The first-order valence-electron chi connectivity index (χ1n) is 6.51. The second kappa shape index (κ2) is 5.09. The minimum absolute atomic E-state index is 0.0325. The van der Waals surface area contributed by atoms with Gasteiger partial charge in [-0.2, -0.15) is 0 Å². The van der Waals surface area contributed by atoms with E-state index >= 15 is 0 Å². The molecule has 0 fully saturated rings. The highest BCUT2D eigenvalue weighted by Gasteiger charge is 2.18. The van der Waals surface area contributed by atoms with Crippen LogP contribution < -0.4 is 5.43 Å². The number of pyridine rings is 1. The number of rotatable bonds is 2. The molecule has 0 unspecified atom stereocenters. The zero-order valence-corrected chi connectivity index (χ0v) is 13.3. The van der Waals surface area contributed by atoms with Gasteiger partial charge in [-0.3, -0.25) is 9.59 Å². The van der Waals surface area contributed by atoms with E-state index in [1.165, 1.54) is 18.7 Å². The summed E-state index contributed by atoms with van der Waals surface area (Å²) in [5.74, 6) is -0.196. The highest BCUT2D eigenvalue weighted by atomic mass is 32.2. The number of aromatic amines is 1. The molecule has 1 aromatic carbocycles. The molecule has 3 nitrogen and oxygen atoms in total. The van der Waals surface area contributed by atoms with Gasteiger partial charge in [-0.25, -0.2) is 0 Å². The Bertz CT molecular complexity index is 738. The minimum Gasteiger partial charge on any atom is -0.349 e. The van der Waals surface area contributed by atoms with E-state index in [2.05, 4.69) is 25.8 Å². The molecular weight excluding hydrogens is 270 g/mol. The van der Waals surface area contributed by atoms with Crippen molar-refractivity contribution in [2.75, 3.05) is 6.26 Å². The zero-order chi connectivity index (χ0) is 15.1. The van der Waals surface area contributed by atoms with Crippen LogP contribution >= 0.6 is 11.8 Å². The summed E-state index contributed by atoms with van der Waals surface area (Å²) >= 11 is 1.39. The van der Waals surface area contributed by atoms with Crippen LogP contribution in [0.4, 0.5) is 0 Å². The molecule has 1 aromatic heterocycles. The predicted molar refractivity (Wildman–Crippen MR) is 85.1 cm³/mol. The molecule has 0 saturated carbocycles. The number of hydrogen-bond donors (Lipinski definition) is 1. The van der Waals surface area contributed by atoms with Gasteiger partial charge in [0.2, 0.25) is 5.43 Å². The number of carbonyl (C=O) groups is 1. The maximum atomic E-state index is 12.6. The Morgan fingerprint density at radius 2 is 1.90 bits per heavy atom. The van der Waals surface area contributed by atoms with E-state index in [4.69, 9.17) is 0 Å². The number of benzene rings is 1. The van der Waals surface area contributed by atoms with Gasteiger partial charge in [-0.05, 0) is 36.3 Å². The van der Waals surface area contributed by atoms with Crippen molar-refractivity contribution in [3.05, 3.63) is 39.5 Å². The van der Waals surface area contributed by atoms with E-state index in [-0.39, 0.29) is 22.2 Å². The van der Waals surface area contributed by atoms with Crippen LogP contribution in [0.15, 0.2) is 28.0 Å². The molecule has 1 heterocycles. The smallest absolute Gasteiger partial charge is 0.201 e. The lowest BCUT2D eigenvalue weighted by Gasteiger charge is -2.19. The summed E-state index contributed by atoms with van der Waals surface area (Å²) in [6.07, 6.45) is 1.85. The number of aromatic nitrogens is 1. The molecule has 0 amide bonds. The molecule has 0 atom stereocenters. The fourth-order valence-corrected chi connectivity index (χ4v) is 2.86. The summed E-state index contributed by atoms with van der Waals surface area (Å²) < 4.78 is 0. The Kier molecular flexibility index (Phi) is 3.78. The summed E-state index contributed by atoms with van der Waals surface area (Å²) in [5, 5.41) is 1.22. The first-order chi connectivity index (χ1) is 9.25. The normalized spacial score (nSPS) is 11.8. The van der Waals surface area contributed by atoms with E-state index in [1.54, 1.807) is 0 Å². The van der Waals surface area contributed by atoms with Gasteiger partial charge < -0.3 is 4.98 Å². The summed E-state index contributed by atoms with van der Waals surface area (Å²) in [6.45, 7) is 7.74. The molecular formula is C16H19NO2S. The molecule has 0 radical (unpaired) electrons. The average Bonchev–Trinajstić information content (AvgIpc) is 2.36. The summed E-state index contributed by atoms with van der Waals surface area (Å²) in [4.78, 5) is 27.5. The third-order valence-corrected chi connectivity index (χ3v) is 4.10. The number of thioether (sulfide) groups is 1. The Morgan fingerprint density at radius 3 is 2.40 bits per heavy atom. The standard InChI is InChI=1S/C16H19NO2S/c1-9(18)13-14(19)11-8-10(16(2,3)4)6-7-12(11)17-15(13)20-5/h6-8H,1-5H3,(H,17,19). The number of carbonyl (C=O) groups excluding carboxylic acids is 1. The van der Waals surface area contributed by atoms with Crippen LogP contribution in [0.2, 0.25) is 0 Å². The Morgan fingerprint density at radius 1 is 1.25 bits per heavy atom. The van der Waals surface area contributed by atoms with E-state index in [0.717, 1.165) is 11.1 Å². The SMILES string of the molecule is CSc1[nH]c2ccc(C(C)(C)C)cc2c(=O)c1C(C)=O. The van der Waals surface area contributed by atoms with Crippen molar-refractivity contribution in [3.8, 4) is 0 Å². The van der Waals surface area contributed by atoms with Crippen LogP contribution in [0.5, 0.6) is 0 Å². The molecule has 106 valence electrons. The van der Waals surface area contributed by atoms with Gasteiger partial charge in [-0.1, -0.05) is 26.8 Å². The summed E-state index contributed by atoms with van der Waals surface area (Å²) in [7, 11) is 0. The maximum absolute atomic E-state index is 12.6. The molecule has 0 saturated heterocycles. The van der Waals surface area contributed by atoms with Gasteiger partial charge in [0, 0.05) is 5.39 Å². The van der Waals surface area contributed by atoms with Crippen molar-refractivity contribution in [3.63, 3.8) is 0 Å². The van der Waals surface area contributed by atoms with Crippen LogP contribution in [0.25, 0.3) is 10.9 Å². The molecule has 4 heteroatoms. The van der Waals surface area contributed by atoms with E-state index in [1.807, 2.05) is 24.5 Å². The van der Waals surface area contributed by atoms with Crippen LogP contribution in [0.1, 0.15) is 43.6 Å². The second-order valence-electron chi connectivity index (χ2n) is 5.93. The van der Waals surface area contributed by atoms with Crippen molar-refractivity contribution < 1.29 is 4.79 Å². The zero-order valence-electron chi connectivity index (χ0n) is 12.5. The fourth-order valence-electron chi connectivity index (χ4n) is 2.20. The summed E-state index contributed by atoms with van der Waals surface area (Å²) in [6, 6.07) is 5.83. The number of fused-ring (bicyclic) bond motifs is 1. The van der Waals surface area contributed by atoms with Gasteiger partial charge >= 0.3 is 0 Å². The molecule has 1 N–H and O–H groups in total. The molecule has 2 rings (SSSR count). The van der Waals surface area contributed by atoms with Crippen molar-refractivity contribution in [2.24, 2.45) is 0 Å². The summed E-state index contributed by atoms with van der Waals surface area (Å²) in [5.41, 5.74) is 1.91. The lowest BCUT2D eigenvalue weighted by atomic mass is 9.86. The number of hydrogen-bond acceptors (Lipinski definition) is 3. The van der Waals surface area contributed by atoms with Gasteiger partial charge in [0.15, 0.2) is 5.78 Å². The highest BCUT2D eigenvalue weighted by Crippen LogP contribution is 2.26. The van der Waals surface area contributed by atoms with Gasteiger partial charge in [0.1, 0.15) is 0 Å². The first-order valence-corrected chi connectivity index (χ1v) is 7.73. The van der Waals surface area contributed by atoms with E-state index in [0.29, 0.717) is 10.4 Å². The van der Waals surface area contributed by atoms with Crippen molar-refractivity contribution in [1.29, 1.82) is 0 Å². The topological polar surface area (TPSA) is 49.9 Å². The Hall–Kier alpha value is -1.55. The monoisotopic (exact) mass is 289 g/mol. The van der Waals surface area contributed by atoms with Crippen molar-refractivity contribution >= 4 is 28.4 Å². The molecule has 2 aromatic rings. The largest absolute Gasteiger partial charge is 0.349 e. The van der Waals surface area contributed by atoms with E-state index < -0.39 is 0 Å². The van der Waals surface area contributed by atoms with Crippen molar-refractivity contribution in [1.82, 2.24) is 4.98 Å². The van der Waals surface area contributed by atoms with Crippen LogP contribution in [0.3, 0.4) is 0 Å². The number of ketones is 1. The quantitative estimate of drug-likeness (QED) is 0.676. The first kappa shape index (κ1) is 14.9. The number of Topliss-reactive ketones (excluding diaryl/α,β-unsaturated/α-hetero) is 1. The van der Waals surface area contributed by atoms with Crippen LogP contribution in [-0.4, -0.2) is 17.0 Å². The van der Waals surface area contributed by atoms with Crippen LogP contribution in [0, 0.1) is 0 Å². The fraction of sp³-hybridized carbons (Fsp3) is 0.375. The van der Waals surface area contributed by atoms with Crippen LogP contribution in [-0.2, 0) is 5.41 Å². The molecule has 0 bridgehead atoms. The van der Waals surface area contributed by atoms with Gasteiger partial charge in [-0.15, -0.1) is 11.8 Å². The number of H-pyrrole nitrogens is 1. The third-order valence-electron chi connectivity index (χ3n) is 3.39. The highest BCUT2D eigenvalue weighted by molar-refractivity contribution is 7.98. The molecule has 0 aliphatic heterocycles. The molecule has 20 heavy (non-hydrogen) atoms. The Labute approximate surface area is 122 Å². The maximum Gasteiger partial charge on any atom is 0.201 e. The predicted octanol–water partition coefficient (Wildman–Crippen LogP) is 3.75. The average molecular weight is 289 g/mol. The molecule has 0 spiro atoms. The van der Waals surface area contributed by atoms with Gasteiger partial charge in [0.05, 0.1) is 16.1 Å². The van der Waals surface area contributed by atoms with Gasteiger partial charge in [0.25, 0.3) is 0 Å². The van der Waals surface area contributed by atoms with Crippen molar-refractivity contribution in [2.45, 2.75) is 38.1 Å². The van der Waals surface area contributed by atoms with E-state index in [9.17, 15) is 9.59 Å². The molecule has 0 aliphatic carbocycles. The number of nitrogens with one attached hydrogen (secondary N) is 1. The second-order valence-corrected chi connectivity index (χ2v) is 6.75. The minimum atomic E-state index is -0.196. The Balaban J connectivity index is 2.86.